The van der Waals surface area contributed by atoms with E-state index in [1.54, 1.807) is 0 Å². The molecule has 1 fully saturated rings. The minimum Gasteiger partial charge on any atom is -0.461 e. The van der Waals surface area contributed by atoms with Crippen LogP contribution in [0.5, 0.6) is 0 Å². The lowest BCUT2D eigenvalue weighted by molar-refractivity contribution is 0.266. The van der Waals surface area contributed by atoms with Gasteiger partial charge in [0.2, 0.25) is 0 Å². The maximum Gasteiger partial charge on any atom is 0.134 e. The van der Waals surface area contributed by atoms with Crippen LogP contribution in [-0.2, 0) is 6.42 Å². The van der Waals surface area contributed by atoms with Crippen LogP contribution < -0.4 is 0 Å². The summed E-state index contributed by atoms with van der Waals surface area (Å²) in [5.74, 6) is 1.10. The van der Waals surface area contributed by atoms with Gasteiger partial charge in [-0.15, -0.1) is 0 Å². The molecule has 1 aromatic heterocycles. The Balaban J connectivity index is 1.53. The van der Waals surface area contributed by atoms with Crippen molar-refractivity contribution >= 4 is 11.0 Å². The monoisotopic (exact) mass is 319 g/mol. The second kappa shape index (κ2) is 6.45. The summed E-state index contributed by atoms with van der Waals surface area (Å²) >= 11 is 0. The first kappa shape index (κ1) is 15.5. The van der Waals surface area contributed by atoms with Gasteiger partial charge in [0.05, 0.1) is 0 Å². The third kappa shape index (κ3) is 3.11. The van der Waals surface area contributed by atoms with Gasteiger partial charge in [-0.05, 0) is 62.6 Å². The number of hydrogen-bond acceptors (Lipinski definition) is 2. The third-order valence-electron chi connectivity index (χ3n) is 5.29. The minimum absolute atomic E-state index is 0.725. The molecule has 0 unspecified atom stereocenters. The number of benzene rings is 2. The van der Waals surface area contributed by atoms with E-state index in [0.29, 0.717) is 0 Å². The Bertz CT molecular complexity index is 831. The van der Waals surface area contributed by atoms with Gasteiger partial charge in [0.15, 0.2) is 0 Å². The van der Waals surface area contributed by atoms with Crippen molar-refractivity contribution in [2.75, 3.05) is 13.1 Å². The highest BCUT2D eigenvalue weighted by Crippen LogP contribution is 2.27. The number of fused-ring (bicyclic) bond motifs is 1. The van der Waals surface area contributed by atoms with Gasteiger partial charge in [-0.25, -0.2) is 0 Å². The van der Waals surface area contributed by atoms with E-state index in [4.69, 9.17) is 4.42 Å². The molecule has 2 heteroatoms. The molecular weight excluding hydrogens is 294 g/mol. The van der Waals surface area contributed by atoms with Crippen molar-refractivity contribution in [3.63, 3.8) is 0 Å². The summed E-state index contributed by atoms with van der Waals surface area (Å²) in [6.45, 7) is 6.79. The standard InChI is InChI=1S/C22H25NO/c1-16-5-7-18(8-6-16)19-9-10-22-20(14-19)15-21(24-22)11-13-23-12-3-4-17(23)2/h5-10,14-15,17H,3-4,11-13H2,1-2H3/t17-/m1/s1. The molecule has 1 aliphatic heterocycles. The Hall–Kier alpha value is -2.06. The highest BCUT2D eigenvalue weighted by atomic mass is 16.3. The molecule has 0 radical (unpaired) electrons. The highest BCUT2D eigenvalue weighted by Gasteiger charge is 2.20. The predicted octanol–water partition coefficient (Wildman–Crippen LogP) is 5.44. The second-order valence-electron chi connectivity index (χ2n) is 7.11. The van der Waals surface area contributed by atoms with Crippen molar-refractivity contribution < 1.29 is 4.42 Å². The molecule has 2 heterocycles. The van der Waals surface area contributed by atoms with E-state index in [9.17, 15) is 0 Å². The topological polar surface area (TPSA) is 16.4 Å². The van der Waals surface area contributed by atoms with Gasteiger partial charge in [0.25, 0.3) is 0 Å². The fourth-order valence-electron chi connectivity index (χ4n) is 3.73. The average molecular weight is 319 g/mol. The van der Waals surface area contributed by atoms with Crippen molar-refractivity contribution in [1.29, 1.82) is 0 Å². The Morgan fingerprint density at radius 1 is 1.04 bits per heavy atom. The van der Waals surface area contributed by atoms with Crippen LogP contribution in [0.4, 0.5) is 0 Å². The van der Waals surface area contributed by atoms with Crippen LogP contribution in [0.3, 0.4) is 0 Å². The summed E-state index contributed by atoms with van der Waals surface area (Å²) < 4.78 is 6.05. The van der Waals surface area contributed by atoms with Crippen LogP contribution in [0.2, 0.25) is 0 Å². The maximum absolute atomic E-state index is 6.05. The van der Waals surface area contributed by atoms with Crippen LogP contribution in [0.1, 0.15) is 31.1 Å². The Morgan fingerprint density at radius 3 is 2.58 bits per heavy atom. The molecule has 0 N–H and O–H groups in total. The summed E-state index contributed by atoms with van der Waals surface area (Å²) in [6.07, 6.45) is 3.67. The Kier molecular flexibility index (Phi) is 4.15. The van der Waals surface area contributed by atoms with E-state index in [-0.39, 0.29) is 0 Å². The molecule has 2 nitrogen and oxygen atoms in total. The van der Waals surface area contributed by atoms with Crippen LogP contribution in [0.15, 0.2) is 52.9 Å². The van der Waals surface area contributed by atoms with E-state index < -0.39 is 0 Å². The van der Waals surface area contributed by atoms with Gasteiger partial charge in [-0.2, -0.15) is 0 Å². The molecule has 3 aromatic rings. The zero-order chi connectivity index (χ0) is 16.5. The lowest BCUT2D eigenvalue weighted by Crippen LogP contribution is -2.28. The largest absolute Gasteiger partial charge is 0.461 e. The molecule has 0 spiro atoms. The molecule has 1 saturated heterocycles. The maximum atomic E-state index is 6.05. The van der Waals surface area contributed by atoms with Crippen molar-refractivity contribution in [3.05, 3.63) is 59.9 Å². The van der Waals surface area contributed by atoms with E-state index >= 15 is 0 Å². The molecule has 0 amide bonds. The molecule has 1 aliphatic rings. The first-order valence-corrected chi connectivity index (χ1v) is 9.02. The SMILES string of the molecule is Cc1ccc(-c2ccc3oc(CCN4CCC[C@H]4C)cc3c2)cc1. The zero-order valence-electron chi connectivity index (χ0n) is 14.6. The first-order chi connectivity index (χ1) is 11.7. The number of likely N-dealkylation sites (tertiary alicyclic amines) is 1. The first-order valence-electron chi connectivity index (χ1n) is 9.02. The summed E-state index contributed by atoms with van der Waals surface area (Å²) in [5.41, 5.74) is 4.80. The molecule has 124 valence electrons. The third-order valence-corrected chi connectivity index (χ3v) is 5.29. The number of aryl methyl sites for hydroxylation is 1. The molecule has 1 atom stereocenters. The van der Waals surface area contributed by atoms with Gasteiger partial charge in [0, 0.05) is 24.4 Å². The zero-order valence-corrected chi connectivity index (χ0v) is 14.6. The number of nitrogens with zero attached hydrogens (tertiary/aromatic N) is 1. The van der Waals surface area contributed by atoms with Crippen molar-refractivity contribution in [3.8, 4) is 11.1 Å². The van der Waals surface area contributed by atoms with Crippen molar-refractivity contribution in [2.24, 2.45) is 0 Å². The van der Waals surface area contributed by atoms with Gasteiger partial charge >= 0.3 is 0 Å². The highest BCUT2D eigenvalue weighted by molar-refractivity contribution is 5.84. The summed E-state index contributed by atoms with van der Waals surface area (Å²) in [5, 5.41) is 1.21. The van der Waals surface area contributed by atoms with Gasteiger partial charge in [-0.3, -0.25) is 0 Å². The minimum atomic E-state index is 0.725. The Labute approximate surface area is 144 Å². The Morgan fingerprint density at radius 2 is 1.83 bits per heavy atom. The van der Waals surface area contributed by atoms with Crippen LogP contribution >= 0.6 is 0 Å². The molecule has 0 saturated carbocycles. The van der Waals surface area contributed by atoms with Crippen LogP contribution in [0, 0.1) is 6.92 Å². The molecule has 0 aliphatic carbocycles. The lowest BCUT2D eigenvalue weighted by Gasteiger charge is -2.19. The fraction of sp³-hybridized carbons (Fsp3) is 0.364. The van der Waals surface area contributed by atoms with Crippen molar-refractivity contribution in [2.45, 2.75) is 39.2 Å². The lowest BCUT2D eigenvalue weighted by atomic mass is 10.0. The average Bonchev–Trinajstić information content (AvgIpc) is 3.18. The van der Waals surface area contributed by atoms with E-state index in [2.05, 4.69) is 67.3 Å². The normalized spacial score (nSPS) is 18.5. The fourth-order valence-corrected chi connectivity index (χ4v) is 3.73. The molecule has 24 heavy (non-hydrogen) atoms. The summed E-state index contributed by atoms with van der Waals surface area (Å²) in [4.78, 5) is 2.57. The van der Waals surface area contributed by atoms with E-state index in [1.165, 1.54) is 41.5 Å². The summed E-state index contributed by atoms with van der Waals surface area (Å²) in [6, 6.07) is 18.1. The van der Waals surface area contributed by atoms with Crippen LogP contribution in [0.25, 0.3) is 22.1 Å². The molecule has 2 aromatic carbocycles. The summed E-state index contributed by atoms with van der Waals surface area (Å²) in [7, 11) is 0. The van der Waals surface area contributed by atoms with Gasteiger partial charge in [-0.1, -0.05) is 35.9 Å². The van der Waals surface area contributed by atoms with Gasteiger partial charge in [0.1, 0.15) is 11.3 Å². The van der Waals surface area contributed by atoms with E-state index in [1.807, 2.05) is 0 Å². The number of hydrogen-bond donors (Lipinski definition) is 0. The molecule has 0 bridgehead atoms. The smallest absolute Gasteiger partial charge is 0.134 e. The van der Waals surface area contributed by atoms with E-state index in [0.717, 1.165) is 30.4 Å². The quantitative estimate of drug-likeness (QED) is 0.637. The number of furan rings is 1. The second-order valence-corrected chi connectivity index (χ2v) is 7.11. The predicted molar refractivity (Wildman–Crippen MR) is 100 cm³/mol. The van der Waals surface area contributed by atoms with Crippen LogP contribution in [-0.4, -0.2) is 24.0 Å². The van der Waals surface area contributed by atoms with Gasteiger partial charge < -0.3 is 9.32 Å². The number of rotatable bonds is 4. The molecular formula is C22H25NO. The molecule has 4 rings (SSSR count). The van der Waals surface area contributed by atoms with Crippen molar-refractivity contribution in [1.82, 2.24) is 4.90 Å².